The van der Waals surface area contributed by atoms with E-state index < -0.39 is 9.84 Å². The molecule has 1 fully saturated rings. The number of amides is 1. The molecular weight excluding hydrogens is 320 g/mol. The van der Waals surface area contributed by atoms with Gasteiger partial charge in [-0.1, -0.05) is 11.2 Å². The molecule has 0 N–H and O–H groups in total. The van der Waals surface area contributed by atoms with Crippen molar-refractivity contribution in [2.24, 2.45) is 5.92 Å². The van der Waals surface area contributed by atoms with Gasteiger partial charge in [-0.25, -0.2) is 8.42 Å². The second-order valence-electron chi connectivity index (χ2n) is 6.01. The van der Waals surface area contributed by atoms with Gasteiger partial charge in [0.05, 0.1) is 12.3 Å². The molecule has 3 rings (SSSR count). The van der Waals surface area contributed by atoms with Crippen LogP contribution in [0.1, 0.15) is 18.1 Å². The van der Waals surface area contributed by atoms with E-state index in [0.717, 1.165) is 13.1 Å². The van der Waals surface area contributed by atoms with Crippen LogP contribution in [0.2, 0.25) is 0 Å². The fourth-order valence-corrected chi connectivity index (χ4v) is 4.28. The Balaban J connectivity index is 1.45. The molecule has 0 bridgehead atoms. The van der Waals surface area contributed by atoms with Gasteiger partial charge in [0.2, 0.25) is 11.8 Å². The smallest absolute Gasteiger partial charge is 0.223 e. The molecular formula is C14H20N4O4S. The summed E-state index contributed by atoms with van der Waals surface area (Å²) in [5, 5.41) is 5.09. The molecule has 0 aliphatic carbocycles. The summed E-state index contributed by atoms with van der Waals surface area (Å²) in [6.07, 6.45) is 1.89. The molecule has 2 aliphatic rings. The standard InChI is InChI=1S/C14H20N4O4S/c1-11-15-13(16-22-11)9-17-3-5-18(6-4-17)14(19)8-12-2-7-23(20,21)10-12/h2,7,12H,3-6,8-10H2,1H3/t12-/m0/s1. The summed E-state index contributed by atoms with van der Waals surface area (Å²) in [4.78, 5) is 20.4. The lowest BCUT2D eigenvalue weighted by atomic mass is 10.1. The zero-order chi connectivity index (χ0) is 16.4. The minimum absolute atomic E-state index is 0.0202. The van der Waals surface area contributed by atoms with Crippen molar-refractivity contribution in [1.29, 1.82) is 0 Å². The van der Waals surface area contributed by atoms with Crippen molar-refractivity contribution >= 4 is 15.7 Å². The first-order valence-corrected chi connectivity index (χ1v) is 9.33. The molecule has 1 saturated heterocycles. The minimum Gasteiger partial charge on any atom is -0.340 e. The summed E-state index contributed by atoms with van der Waals surface area (Å²) in [5.41, 5.74) is 0. The maximum Gasteiger partial charge on any atom is 0.223 e. The number of hydrogen-bond donors (Lipinski definition) is 0. The number of aromatic nitrogens is 2. The van der Waals surface area contributed by atoms with Crippen molar-refractivity contribution in [2.45, 2.75) is 19.9 Å². The van der Waals surface area contributed by atoms with E-state index in [2.05, 4.69) is 15.0 Å². The molecule has 126 valence electrons. The molecule has 8 nitrogen and oxygen atoms in total. The third kappa shape index (κ3) is 4.17. The van der Waals surface area contributed by atoms with E-state index in [-0.39, 0.29) is 24.0 Å². The number of hydrogen-bond acceptors (Lipinski definition) is 7. The Morgan fingerprint density at radius 2 is 2.09 bits per heavy atom. The van der Waals surface area contributed by atoms with Crippen LogP contribution in [0.3, 0.4) is 0 Å². The molecule has 0 saturated carbocycles. The maximum atomic E-state index is 12.3. The molecule has 9 heteroatoms. The Bertz CT molecular complexity index is 704. The Hall–Kier alpha value is -1.74. The van der Waals surface area contributed by atoms with Crippen LogP contribution in [-0.2, 0) is 21.2 Å². The molecule has 2 aliphatic heterocycles. The van der Waals surface area contributed by atoms with Crippen molar-refractivity contribution in [3.63, 3.8) is 0 Å². The van der Waals surface area contributed by atoms with Gasteiger partial charge < -0.3 is 9.42 Å². The van der Waals surface area contributed by atoms with Crippen molar-refractivity contribution in [1.82, 2.24) is 19.9 Å². The van der Waals surface area contributed by atoms with Crippen LogP contribution in [0.4, 0.5) is 0 Å². The highest BCUT2D eigenvalue weighted by molar-refractivity contribution is 7.94. The third-order valence-electron chi connectivity index (χ3n) is 4.10. The van der Waals surface area contributed by atoms with E-state index in [0.29, 0.717) is 31.3 Å². The Kier molecular flexibility index (Phi) is 4.49. The highest BCUT2D eigenvalue weighted by atomic mass is 32.2. The molecule has 1 aromatic heterocycles. The van der Waals surface area contributed by atoms with Crippen LogP contribution in [-0.4, -0.2) is 66.2 Å². The molecule has 1 aromatic rings. The topological polar surface area (TPSA) is 96.6 Å². The average Bonchev–Trinajstić information content (AvgIpc) is 3.05. The Labute approximate surface area is 135 Å². The molecule has 23 heavy (non-hydrogen) atoms. The molecule has 3 heterocycles. The lowest BCUT2D eigenvalue weighted by Crippen LogP contribution is -2.48. The number of nitrogens with zero attached hydrogens (tertiary/aromatic N) is 4. The van der Waals surface area contributed by atoms with Gasteiger partial charge in [-0.05, 0) is 0 Å². The zero-order valence-electron chi connectivity index (χ0n) is 13.0. The van der Waals surface area contributed by atoms with Crippen LogP contribution >= 0.6 is 0 Å². The van der Waals surface area contributed by atoms with E-state index in [9.17, 15) is 13.2 Å². The minimum atomic E-state index is -3.10. The third-order valence-corrected chi connectivity index (χ3v) is 5.57. The van der Waals surface area contributed by atoms with E-state index in [1.54, 1.807) is 17.9 Å². The fourth-order valence-electron chi connectivity index (χ4n) is 2.88. The van der Waals surface area contributed by atoms with Crippen LogP contribution in [0.15, 0.2) is 16.0 Å². The van der Waals surface area contributed by atoms with Crippen molar-refractivity contribution < 1.29 is 17.7 Å². The second-order valence-corrected chi connectivity index (χ2v) is 7.94. The van der Waals surface area contributed by atoms with Crippen molar-refractivity contribution in [2.75, 3.05) is 31.9 Å². The number of piperazine rings is 1. The largest absolute Gasteiger partial charge is 0.340 e. The summed E-state index contributed by atoms with van der Waals surface area (Å²) in [7, 11) is -3.10. The number of carbonyl (C=O) groups excluding carboxylic acids is 1. The normalized spacial score (nSPS) is 24.2. The first kappa shape index (κ1) is 16.1. The highest BCUT2D eigenvalue weighted by Gasteiger charge is 2.27. The summed E-state index contributed by atoms with van der Waals surface area (Å²) in [6, 6.07) is 0. The molecule has 0 radical (unpaired) electrons. The van der Waals surface area contributed by atoms with E-state index in [1.165, 1.54) is 5.41 Å². The van der Waals surface area contributed by atoms with Crippen LogP contribution in [0, 0.1) is 12.8 Å². The van der Waals surface area contributed by atoms with Crippen LogP contribution in [0.25, 0.3) is 0 Å². The van der Waals surface area contributed by atoms with Crippen LogP contribution in [0.5, 0.6) is 0 Å². The SMILES string of the molecule is Cc1nc(CN2CCN(C(=O)C[C@@H]3C=CS(=O)(=O)C3)CC2)no1. The Morgan fingerprint density at radius 1 is 1.35 bits per heavy atom. The number of aryl methyl sites for hydroxylation is 1. The lowest BCUT2D eigenvalue weighted by Gasteiger charge is -2.34. The van der Waals surface area contributed by atoms with Gasteiger partial charge in [-0.15, -0.1) is 0 Å². The van der Waals surface area contributed by atoms with E-state index in [1.807, 2.05) is 0 Å². The van der Waals surface area contributed by atoms with Gasteiger partial charge in [0.25, 0.3) is 0 Å². The Morgan fingerprint density at radius 3 is 2.65 bits per heavy atom. The monoisotopic (exact) mass is 340 g/mol. The van der Waals surface area contributed by atoms with Crippen molar-refractivity contribution in [3.05, 3.63) is 23.2 Å². The van der Waals surface area contributed by atoms with Gasteiger partial charge in [0.15, 0.2) is 15.7 Å². The van der Waals surface area contributed by atoms with Gasteiger partial charge in [-0.3, -0.25) is 9.69 Å². The predicted octanol–water partition coefficient (Wildman–Crippen LogP) is -0.0294. The van der Waals surface area contributed by atoms with Crippen LogP contribution < -0.4 is 0 Å². The molecule has 0 unspecified atom stereocenters. The first-order chi connectivity index (χ1) is 10.9. The number of allylic oxidation sites excluding steroid dienone is 1. The summed E-state index contributed by atoms with van der Waals surface area (Å²) < 4.78 is 27.7. The maximum absolute atomic E-state index is 12.3. The zero-order valence-corrected chi connectivity index (χ0v) is 13.8. The molecule has 1 amide bonds. The van der Waals surface area contributed by atoms with E-state index >= 15 is 0 Å². The van der Waals surface area contributed by atoms with Gasteiger partial charge >= 0.3 is 0 Å². The number of sulfone groups is 1. The fraction of sp³-hybridized carbons (Fsp3) is 0.643. The summed E-state index contributed by atoms with van der Waals surface area (Å²) in [6.45, 7) is 5.14. The number of carbonyl (C=O) groups is 1. The quantitative estimate of drug-likeness (QED) is 0.759. The molecule has 1 atom stereocenters. The average molecular weight is 340 g/mol. The van der Waals surface area contributed by atoms with Gasteiger partial charge in [0, 0.05) is 50.8 Å². The second kappa shape index (κ2) is 6.40. The van der Waals surface area contributed by atoms with Gasteiger partial charge in [-0.2, -0.15) is 4.98 Å². The summed E-state index contributed by atoms with van der Waals surface area (Å²) >= 11 is 0. The number of rotatable bonds is 4. The predicted molar refractivity (Wildman–Crippen MR) is 81.9 cm³/mol. The highest BCUT2D eigenvalue weighted by Crippen LogP contribution is 2.19. The lowest BCUT2D eigenvalue weighted by molar-refractivity contribution is -0.133. The van der Waals surface area contributed by atoms with Crippen molar-refractivity contribution in [3.8, 4) is 0 Å². The summed E-state index contributed by atoms with van der Waals surface area (Å²) in [5.74, 6) is 1.09. The van der Waals surface area contributed by atoms with E-state index in [4.69, 9.17) is 4.52 Å². The van der Waals surface area contributed by atoms with Gasteiger partial charge in [0.1, 0.15) is 0 Å². The molecule has 0 spiro atoms. The molecule has 0 aromatic carbocycles. The first-order valence-electron chi connectivity index (χ1n) is 7.61.